The van der Waals surface area contributed by atoms with Crippen molar-refractivity contribution in [2.75, 3.05) is 19.0 Å². The summed E-state index contributed by atoms with van der Waals surface area (Å²) in [7, 11) is 0. The second-order valence-corrected chi connectivity index (χ2v) is 2.63. The molecule has 58 valence electrons. The quantitative estimate of drug-likeness (QED) is 0.527. The van der Waals surface area contributed by atoms with Gasteiger partial charge in [0, 0.05) is 6.54 Å². The molecule has 1 atom stereocenters. The fourth-order valence-electron chi connectivity index (χ4n) is 1.03. The van der Waals surface area contributed by atoms with E-state index in [1.54, 1.807) is 0 Å². The maximum atomic E-state index is 12.4. The second-order valence-electron chi connectivity index (χ2n) is 2.36. The number of likely N-dealkylation sites (tertiary alicyclic amines) is 1. The molecule has 0 radical (unpaired) electrons. The Labute approximate surface area is 63.9 Å². The van der Waals surface area contributed by atoms with E-state index in [1.807, 2.05) is 0 Å². The SMILES string of the molecule is O=C(CCl)N1CCC(F)C1. The lowest BCUT2D eigenvalue weighted by Crippen LogP contribution is -2.29. The van der Waals surface area contributed by atoms with Crippen LogP contribution < -0.4 is 0 Å². The number of halogens is 2. The van der Waals surface area contributed by atoms with Gasteiger partial charge in [0.15, 0.2) is 0 Å². The van der Waals surface area contributed by atoms with E-state index in [9.17, 15) is 9.18 Å². The van der Waals surface area contributed by atoms with Gasteiger partial charge in [0.25, 0.3) is 0 Å². The van der Waals surface area contributed by atoms with E-state index in [4.69, 9.17) is 11.6 Å². The van der Waals surface area contributed by atoms with Crippen LogP contribution in [0, 0.1) is 0 Å². The highest BCUT2D eigenvalue weighted by Gasteiger charge is 2.24. The summed E-state index contributed by atoms with van der Waals surface area (Å²) in [6.07, 6.45) is -0.380. The van der Waals surface area contributed by atoms with Gasteiger partial charge in [0.1, 0.15) is 12.1 Å². The normalized spacial score (nSPS) is 25.4. The van der Waals surface area contributed by atoms with Crippen LogP contribution in [-0.4, -0.2) is 35.9 Å². The first-order valence-corrected chi connectivity index (χ1v) is 3.75. The topological polar surface area (TPSA) is 20.3 Å². The molecule has 1 rings (SSSR count). The smallest absolute Gasteiger partial charge is 0.237 e. The first-order chi connectivity index (χ1) is 4.74. The van der Waals surface area contributed by atoms with Crippen molar-refractivity contribution in [2.45, 2.75) is 12.6 Å². The highest BCUT2D eigenvalue weighted by atomic mass is 35.5. The maximum Gasteiger partial charge on any atom is 0.237 e. The Hall–Kier alpha value is -0.310. The number of amides is 1. The molecular formula is C6H9ClFNO. The fourth-order valence-corrected chi connectivity index (χ4v) is 1.20. The van der Waals surface area contributed by atoms with Gasteiger partial charge in [-0.05, 0) is 6.42 Å². The van der Waals surface area contributed by atoms with Gasteiger partial charge in [-0.2, -0.15) is 0 Å². The molecular weight excluding hydrogens is 157 g/mol. The van der Waals surface area contributed by atoms with Crippen molar-refractivity contribution in [3.05, 3.63) is 0 Å². The highest BCUT2D eigenvalue weighted by molar-refractivity contribution is 6.27. The number of carbonyl (C=O) groups excluding carboxylic acids is 1. The molecule has 1 fully saturated rings. The van der Waals surface area contributed by atoms with Gasteiger partial charge in [-0.1, -0.05) is 0 Å². The summed E-state index contributed by atoms with van der Waals surface area (Å²) in [5.74, 6) is -0.200. The van der Waals surface area contributed by atoms with Crippen molar-refractivity contribution >= 4 is 17.5 Å². The average Bonchev–Trinajstić information content (AvgIpc) is 2.34. The third-order valence-corrected chi connectivity index (χ3v) is 1.83. The molecule has 0 saturated carbocycles. The highest BCUT2D eigenvalue weighted by Crippen LogP contribution is 2.12. The molecule has 1 saturated heterocycles. The van der Waals surface area contributed by atoms with Gasteiger partial charge in [0.2, 0.25) is 5.91 Å². The van der Waals surface area contributed by atoms with Crippen LogP contribution in [0.15, 0.2) is 0 Å². The van der Waals surface area contributed by atoms with Crippen molar-refractivity contribution in [1.82, 2.24) is 4.90 Å². The van der Waals surface area contributed by atoms with E-state index in [1.165, 1.54) is 4.90 Å². The molecule has 4 heteroatoms. The minimum Gasteiger partial charge on any atom is -0.339 e. The molecule has 0 aromatic heterocycles. The largest absolute Gasteiger partial charge is 0.339 e. The Morgan fingerprint density at radius 2 is 2.50 bits per heavy atom. The third-order valence-electron chi connectivity index (χ3n) is 1.60. The predicted octanol–water partition coefficient (Wildman–Crippen LogP) is 0.796. The lowest BCUT2D eigenvalue weighted by molar-refractivity contribution is -0.127. The minimum atomic E-state index is -0.841. The molecule has 0 bridgehead atoms. The zero-order valence-corrected chi connectivity index (χ0v) is 6.27. The van der Waals surface area contributed by atoms with E-state index in [-0.39, 0.29) is 18.3 Å². The first kappa shape index (κ1) is 7.79. The van der Waals surface area contributed by atoms with Gasteiger partial charge in [0.05, 0.1) is 6.54 Å². The average molecular weight is 166 g/mol. The number of alkyl halides is 2. The van der Waals surface area contributed by atoms with E-state index in [0.29, 0.717) is 13.0 Å². The van der Waals surface area contributed by atoms with Crippen LogP contribution in [-0.2, 0) is 4.79 Å². The summed E-state index contributed by atoms with van der Waals surface area (Å²) in [5.41, 5.74) is 0. The summed E-state index contributed by atoms with van der Waals surface area (Å²) in [4.78, 5) is 12.2. The molecule has 1 amide bonds. The molecule has 1 heterocycles. The van der Waals surface area contributed by atoms with Gasteiger partial charge in [-0.15, -0.1) is 11.6 Å². The summed E-state index contributed by atoms with van der Waals surface area (Å²) >= 11 is 5.27. The number of carbonyl (C=O) groups is 1. The minimum absolute atomic E-state index is 0.0350. The molecule has 1 aliphatic rings. The van der Waals surface area contributed by atoms with Crippen molar-refractivity contribution in [3.8, 4) is 0 Å². The molecule has 0 aliphatic carbocycles. The summed E-state index contributed by atoms with van der Waals surface area (Å²) in [5, 5.41) is 0. The van der Waals surface area contributed by atoms with Crippen LogP contribution in [0.25, 0.3) is 0 Å². The van der Waals surface area contributed by atoms with Crippen LogP contribution in [0.5, 0.6) is 0 Å². The third kappa shape index (κ3) is 1.59. The Morgan fingerprint density at radius 3 is 2.90 bits per heavy atom. The van der Waals surface area contributed by atoms with Gasteiger partial charge in [-0.3, -0.25) is 4.79 Å². The molecule has 2 nitrogen and oxygen atoms in total. The Balaban J connectivity index is 2.37. The predicted molar refractivity (Wildman–Crippen MR) is 36.8 cm³/mol. The van der Waals surface area contributed by atoms with Crippen molar-refractivity contribution in [2.24, 2.45) is 0 Å². The molecule has 0 aromatic rings. The Morgan fingerprint density at radius 1 is 1.80 bits per heavy atom. The van der Waals surface area contributed by atoms with E-state index in [2.05, 4.69) is 0 Å². The first-order valence-electron chi connectivity index (χ1n) is 3.22. The van der Waals surface area contributed by atoms with Crippen LogP contribution in [0.1, 0.15) is 6.42 Å². The zero-order valence-electron chi connectivity index (χ0n) is 5.52. The number of hydrogen-bond donors (Lipinski definition) is 0. The monoisotopic (exact) mass is 165 g/mol. The summed E-state index contributed by atoms with van der Waals surface area (Å²) < 4.78 is 12.4. The van der Waals surface area contributed by atoms with Gasteiger partial charge >= 0.3 is 0 Å². The van der Waals surface area contributed by atoms with Crippen molar-refractivity contribution in [3.63, 3.8) is 0 Å². The fraction of sp³-hybridized carbons (Fsp3) is 0.833. The van der Waals surface area contributed by atoms with E-state index >= 15 is 0 Å². The Kier molecular flexibility index (Phi) is 2.49. The van der Waals surface area contributed by atoms with Crippen LogP contribution >= 0.6 is 11.6 Å². The number of hydrogen-bond acceptors (Lipinski definition) is 1. The molecule has 0 spiro atoms. The van der Waals surface area contributed by atoms with Gasteiger partial charge in [-0.25, -0.2) is 4.39 Å². The van der Waals surface area contributed by atoms with Crippen LogP contribution in [0.4, 0.5) is 4.39 Å². The number of nitrogens with zero attached hydrogens (tertiary/aromatic N) is 1. The summed E-state index contributed by atoms with van der Waals surface area (Å²) in [6.45, 7) is 0.748. The Bertz CT molecular complexity index is 142. The van der Waals surface area contributed by atoms with Crippen molar-refractivity contribution in [1.29, 1.82) is 0 Å². The van der Waals surface area contributed by atoms with Crippen LogP contribution in [0.2, 0.25) is 0 Å². The molecule has 0 N–H and O–H groups in total. The standard InChI is InChI=1S/C6H9ClFNO/c7-3-6(10)9-2-1-5(8)4-9/h5H,1-4H2. The number of rotatable bonds is 1. The molecule has 10 heavy (non-hydrogen) atoms. The zero-order chi connectivity index (χ0) is 7.56. The van der Waals surface area contributed by atoms with Crippen LogP contribution in [0.3, 0.4) is 0 Å². The summed E-state index contributed by atoms with van der Waals surface area (Å²) in [6, 6.07) is 0. The van der Waals surface area contributed by atoms with Crippen molar-refractivity contribution < 1.29 is 9.18 Å². The van der Waals surface area contributed by atoms with Gasteiger partial charge < -0.3 is 4.90 Å². The van der Waals surface area contributed by atoms with E-state index < -0.39 is 6.17 Å². The lowest BCUT2D eigenvalue weighted by atomic mass is 10.3. The molecule has 1 aliphatic heterocycles. The maximum absolute atomic E-state index is 12.4. The lowest BCUT2D eigenvalue weighted by Gasteiger charge is -2.12. The van der Waals surface area contributed by atoms with E-state index in [0.717, 1.165) is 0 Å². The molecule has 1 unspecified atom stereocenters. The molecule has 0 aromatic carbocycles. The second kappa shape index (κ2) is 3.19.